The molecule has 1 saturated carbocycles. The lowest BCUT2D eigenvalue weighted by molar-refractivity contribution is -0.0332. The van der Waals surface area contributed by atoms with Crippen LogP contribution < -0.4 is 0 Å². The minimum Gasteiger partial charge on any atom is -0.396 e. The zero-order valence-electron chi connectivity index (χ0n) is 12.0. The molecule has 114 valence electrons. The smallest absolute Gasteiger partial charge is 0.396 e. The van der Waals surface area contributed by atoms with Gasteiger partial charge in [-0.1, -0.05) is 32.5 Å². The Morgan fingerprint density at radius 1 is 1.16 bits per heavy atom. The van der Waals surface area contributed by atoms with Gasteiger partial charge in [-0.2, -0.15) is 13.2 Å². The largest absolute Gasteiger partial charge is 0.441 e. The number of thioether (sulfide) groups is 1. The fraction of sp³-hybridized carbons (Fsp3) is 1.00. The van der Waals surface area contributed by atoms with Gasteiger partial charge >= 0.3 is 5.51 Å². The molecule has 0 aromatic heterocycles. The van der Waals surface area contributed by atoms with Crippen molar-refractivity contribution >= 4 is 11.8 Å². The second kappa shape index (κ2) is 6.25. The topological polar surface area (TPSA) is 20.2 Å². The summed E-state index contributed by atoms with van der Waals surface area (Å²) in [4.78, 5) is 0. The summed E-state index contributed by atoms with van der Waals surface area (Å²) in [6, 6.07) is 0. The highest BCUT2D eigenvalue weighted by molar-refractivity contribution is 8.00. The van der Waals surface area contributed by atoms with Crippen LogP contribution in [0.15, 0.2) is 0 Å². The molecule has 0 atom stereocenters. The molecule has 0 bridgehead atoms. The molecule has 1 aliphatic rings. The Bertz CT molecular complexity index is 270. The van der Waals surface area contributed by atoms with Crippen molar-refractivity contribution in [1.29, 1.82) is 0 Å². The summed E-state index contributed by atoms with van der Waals surface area (Å²) in [5.41, 5.74) is -4.18. The van der Waals surface area contributed by atoms with Gasteiger partial charge in [0.1, 0.15) is 0 Å². The van der Waals surface area contributed by atoms with Crippen molar-refractivity contribution in [3.05, 3.63) is 0 Å². The Morgan fingerprint density at radius 3 is 2.05 bits per heavy atom. The van der Waals surface area contributed by atoms with Gasteiger partial charge in [0, 0.05) is 12.4 Å². The maximum Gasteiger partial charge on any atom is 0.441 e. The average molecular weight is 298 g/mol. The molecule has 19 heavy (non-hydrogen) atoms. The highest BCUT2D eigenvalue weighted by Gasteiger charge is 2.39. The predicted octanol–water partition coefficient (Wildman–Crippen LogP) is 4.84. The van der Waals surface area contributed by atoms with Gasteiger partial charge in [0.05, 0.1) is 0 Å². The highest BCUT2D eigenvalue weighted by atomic mass is 32.2. The lowest BCUT2D eigenvalue weighted by Crippen LogP contribution is -2.35. The first-order valence-corrected chi connectivity index (χ1v) is 7.88. The van der Waals surface area contributed by atoms with E-state index in [1.165, 1.54) is 0 Å². The third-order valence-corrected chi connectivity index (χ3v) is 5.24. The minimum atomic E-state index is -4.15. The number of rotatable bonds is 4. The lowest BCUT2D eigenvalue weighted by Gasteiger charge is -2.43. The van der Waals surface area contributed by atoms with Gasteiger partial charge in [-0.25, -0.2) is 0 Å². The molecule has 0 heterocycles. The van der Waals surface area contributed by atoms with E-state index in [0.717, 1.165) is 25.7 Å². The highest BCUT2D eigenvalue weighted by Crippen LogP contribution is 2.47. The fourth-order valence-electron chi connectivity index (χ4n) is 2.97. The maximum absolute atomic E-state index is 12.2. The first-order valence-electron chi connectivity index (χ1n) is 6.90. The van der Waals surface area contributed by atoms with Crippen LogP contribution in [0.5, 0.6) is 0 Å². The van der Waals surface area contributed by atoms with E-state index in [9.17, 15) is 18.3 Å². The van der Waals surface area contributed by atoms with Gasteiger partial charge in [0.25, 0.3) is 0 Å². The Morgan fingerprint density at radius 2 is 1.68 bits per heavy atom. The molecule has 1 nitrogen and oxygen atoms in total. The van der Waals surface area contributed by atoms with Crippen LogP contribution in [0.4, 0.5) is 13.2 Å². The Balaban J connectivity index is 2.47. The number of halogens is 3. The number of alkyl halides is 3. The number of aliphatic hydroxyl groups excluding tert-OH is 1. The Hall–Kier alpha value is 0.100. The van der Waals surface area contributed by atoms with E-state index in [1.54, 1.807) is 0 Å². The molecule has 0 aromatic carbocycles. The standard InChI is InChI=1S/C14H25F3OS/c1-12(2,3)11-4-6-13(10-18,7-5-11)8-9-19-14(15,16)17/h11,18H,4-10H2,1-3H3. The molecule has 0 spiro atoms. The summed E-state index contributed by atoms with van der Waals surface area (Å²) in [6.07, 6.45) is 4.19. The van der Waals surface area contributed by atoms with Crippen LogP contribution in [0.2, 0.25) is 0 Å². The Kier molecular flexibility index (Phi) is 5.64. The molecule has 1 fully saturated rings. The molecule has 1 N–H and O–H groups in total. The van der Waals surface area contributed by atoms with E-state index in [1.807, 2.05) is 0 Å². The third-order valence-electron chi connectivity index (χ3n) is 4.50. The van der Waals surface area contributed by atoms with Crippen LogP contribution >= 0.6 is 11.8 Å². The molecule has 0 saturated heterocycles. The van der Waals surface area contributed by atoms with Crippen LogP contribution in [0.1, 0.15) is 52.9 Å². The lowest BCUT2D eigenvalue weighted by atomic mass is 9.63. The summed E-state index contributed by atoms with van der Waals surface area (Å²) >= 11 is 0.0364. The molecular formula is C14H25F3OS. The molecule has 0 radical (unpaired) electrons. The summed E-state index contributed by atoms with van der Waals surface area (Å²) in [5, 5.41) is 9.57. The van der Waals surface area contributed by atoms with Crippen LogP contribution in [-0.2, 0) is 0 Å². The molecule has 0 aromatic rings. The van der Waals surface area contributed by atoms with Crippen molar-refractivity contribution in [3.63, 3.8) is 0 Å². The van der Waals surface area contributed by atoms with Crippen molar-refractivity contribution in [1.82, 2.24) is 0 Å². The first kappa shape index (κ1) is 17.2. The molecule has 5 heteroatoms. The van der Waals surface area contributed by atoms with Crippen molar-refractivity contribution < 1.29 is 18.3 Å². The monoisotopic (exact) mass is 298 g/mol. The van der Waals surface area contributed by atoms with Gasteiger partial charge in [0.2, 0.25) is 0 Å². The number of hydrogen-bond donors (Lipinski definition) is 1. The number of hydrogen-bond acceptors (Lipinski definition) is 2. The summed E-state index contributed by atoms with van der Waals surface area (Å²) in [7, 11) is 0. The van der Waals surface area contributed by atoms with Gasteiger partial charge in [0.15, 0.2) is 0 Å². The van der Waals surface area contributed by atoms with Crippen molar-refractivity contribution in [2.45, 2.75) is 58.4 Å². The van der Waals surface area contributed by atoms with Crippen molar-refractivity contribution in [3.8, 4) is 0 Å². The normalized spacial score (nSPS) is 29.5. The van der Waals surface area contributed by atoms with Crippen LogP contribution in [0, 0.1) is 16.7 Å². The van der Waals surface area contributed by atoms with Crippen molar-refractivity contribution in [2.75, 3.05) is 12.4 Å². The second-order valence-electron chi connectivity index (χ2n) is 6.84. The summed E-state index contributed by atoms with van der Waals surface area (Å²) < 4.78 is 36.5. The molecule has 0 amide bonds. The zero-order chi connectivity index (χ0) is 14.7. The fourth-order valence-corrected chi connectivity index (χ4v) is 3.73. The molecule has 0 unspecified atom stereocenters. The van der Waals surface area contributed by atoms with E-state index in [0.29, 0.717) is 12.3 Å². The minimum absolute atomic E-state index is 0.0162. The first-order chi connectivity index (χ1) is 8.58. The maximum atomic E-state index is 12.2. The van der Waals surface area contributed by atoms with Crippen LogP contribution in [-0.4, -0.2) is 23.0 Å². The van der Waals surface area contributed by atoms with Gasteiger partial charge in [-0.3, -0.25) is 0 Å². The van der Waals surface area contributed by atoms with E-state index in [4.69, 9.17) is 0 Å². The number of aliphatic hydroxyl groups is 1. The van der Waals surface area contributed by atoms with Crippen LogP contribution in [0.3, 0.4) is 0 Å². The Labute approximate surface area is 118 Å². The second-order valence-corrected chi connectivity index (χ2v) is 8.00. The van der Waals surface area contributed by atoms with Gasteiger partial charge in [-0.05, 0) is 48.9 Å². The van der Waals surface area contributed by atoms with E-state index in [2.05, 4.69) is 20.8 Å². The molecule has 1 rings (SSSR count). The van der Waals surface area contributed by atoms with Gasteiger partial charge in [-0.15, -0.1) is 0 Å². The quantitative estimate of drug-likeness (QED) is 0.801. The molecular weight excluding hydrogens is 273 g/mol. The SMILES string of the molecule is CC(C)(C)C1CCC(CO)(CCSC(F)(F)F)CC1. The summed E-state index contributed by atoms with van der Waals surface area (Å²) in [5.74, 6) is 0.673. The van der Waals surface area contributed by atoms with E-state index >= 15 is 0 Å². The predicted molar refractivity (Wildman–Crippen MR) is 74.1 cm³/mol. The zero-order valence-corrected chi connectivity index (χ0v) is 12.8. The third kappa shape index (κ3) is 5.54. The average Bonchev–Trinajstić information content (AvgIpc) is 2.26. The van der Waals surface area contributed by atoms with Crippen LogP contribution in [0.25, 0.3) is 0 Å². The van der Waals surface area contributed by atoms with E-state index in [-0.39, 0.29) is 35.0 Å². The molecule has 0 aliphatic heterocycles. The molecule has 1 aliphatic carbocycles. The van der Waals surface area contributed by atoms with E-state index < -0.39 is 5.51 Å². The summed E-state index contributed by atoms with van der Waals surface area (Å²) in [6.45, 7) is 6.65. The van der Waals surface area contributed by atoms with Gasteiger partial charge < -0.3 is 5.11 Å². The van der Waals surface area contributed by atoms with Crippen molar-refractivity contribution in [2.24, 2.45) is 16.7 Å².